The lowest BCUT2D eigenvalue weighted by molar-refractivity contribution is 0.367. The lowest BCUT2D eigenvalue weighted by Gasteiger charge is -2.36. The summed E-state index contributed by atoms with van der Waals surface area (Å²) < 4.78 is 6.01. The van der Waals surface area contributed by atoms with E-state index in [1.165, 1.54) is 0 Å². The van der Waals surface area contributed by atoms with E-state index in [4.69, 9.17) is 4.74 Å². The SMILES string of the molecule is C=CCSCCNC(=NC)N1CCN(c2ncc(Br)c(OC)n2)CC1.I. The number of anilines is 1. The number of aromatic nitrogens is 2. The van der Waals surface area contributed by atoms with Crippen molar-refractivity contribution in [3.8, 4) is 5.88 Å². The van der Waals surface area contributed by atoms with E-state index in [-0.39, 0.29) is 24.0 Å². The standard InChI is InChI=1S/C16H25BrN6OS.HI/c1-4-10-25-11-5-19-15(18-2)22-6-8-23(9-7-22)16-20-12-13(17)14(21-16)24-3;/h4,12H,1,5-11H2,2-3H3,(H,18,19);1H. The van der Waals surface area contributed by atoms with Crippen LogP contribution in [0.15, 0.2) is 28.3 Å². The minimum absolute atomic E-state index is 0. The maximum Gasteiger partial charge on any atom is 0.232 e. The van der Waals surface area contributed by atoms with Gasteiger partial charge in [-0.25, -0.2) is 4.98 Å². The fraction of sp³-hybridized carbons (Fsp3) is 0.562. The highest BCUT2D eigenvalue weighted by atomic mass is 127. The molecule has 146 valence electrons. The van der Waals surface area contributed by atoms with E-state index in [9.17, 15) is 0 Å². The first-order valence-electron chi connectivity index (χ1n) is 8.15. The molecule has 0 aliphatic carbocycles. The maximum absolute atomic E-state index is 5.25. The highest BCUT2D eigenvalue weighted by Gasteiger charge is 2.22. The summed E-state index contributed by atoms with van der Waals surface area (Å²) in [4.78, 5) is 17.7. The molecule has 0 amide bonds. The number of piperazine rings is 1. The van der Waals surface area contributed by atoms with Crippen molar-refractivity contribution in [2.24, 2.45) is 4.99 Å². The first-order chi connectivity index (χ1) is 12.2. The Kier molecular flexibility index (Phi) is 11.3. The fourth-order valence-electron chi connectivity index (χ4n) is 2.49. The summed E-state index contributed by atoms with van der Waals surface area (Å²) in [5, 5.41) is 3.42. The number of ether oxygens (including phenoxy) is 1. The number of nitrogens with one attached hydrogen (secondary N) is 1. The van der Waals surface area contributed by atoms with Gasteiger partial charge in [0.05, 0.1) is 17.8 Å². The van der Waals surface area contributed by atoms with Gasteiger partial charge in [-0.15, -0.1) is 30.6 Å². The number of methoxy groups -OCH3 is 1. The number of nitrogens with zero attached hydrogens (tertiary/aromatic N) is 5. The molecule has 1 N–H and O–H groups in total. The molecule has 0 spiro atoms. The van der Waals surface area contributed by atoms with E-state index in [2.05, 4.69) is 52.6 Å². The Morgan fingerprint density at radius 3 is 2.81 bits per heavy atom. The average Bonchev–Trinajstić information content (AvgIpc) is 2.65. The van der Waals surface area contributed by atoms with Gasteiger partial charge < -0.3 is 19.9 Å². The molecule has 1 saturated heterocycles. The highest BCUT2D eigenvalue weighted by molar-refractivity contribution is 14.0. The Balaban J connectivity index is 0.00000338. The molecule has 2 rings (SSSR count). The topological polar surface area (TPSA) is 65.9 Å². The zero-order valence-corrected chi connectivity index (χ0v) is 19.9. The third kappa shape index (κ3) is 6.76. The molecule has 0 atom stereocenters. The van der Waals surface area contributed by atoms with Gasteiger partial charge in [0.25, 0.3) is 0 Å². The smallest absolute Gasteiger partial charge is 0.232 e. The summed E-state index contributed by atoms with van der Waals surface area (Å²) in [7, 11) is 3.44. The molecule has 0 aromatic carbocycles. The van der Waals surface area contributed by atoms with Gasteiger partial charge in [0.15, 0.2) is 5.96 Å². The first kappa shape index (κ1) is 23.3. The van der Waals surface area contributed by atoms with Crippen molar-refractivity contribution in [3.63, 3.8) is 0 Å². The van der Waals surface area contributed by atoms with Crippen LogP contribution in [0.4, 0.5) is 5.95 Å². The second-order valence-electron chi connectivity index (χ2n) is 5.34. The molecular formula is C16H26BrIN6OS. The second-order valence-corrected chi connectivity index (χ2v) is 7.34. The van der Waals surface area contributed by atoms with E-state index < -0.39 is 0 Å². The summed E-state index contributed by atoms with van der Waals surface area (Å²) in [5.74, 6) is 4.23. The average molecular weight is 557 g/mol. The van der Waals surface area contributed by atoms with Crippen LogP contribution < -0.4 is 15.0 Å². The number of guanidine groups is 1. The quantitative estimate of drug-likeness (QED) is 0.182. The molecule has 7 nitrogen and oxygen atoms in total. The predicted octanol–water partition coefficient (Wildman–Crippen LogP) is 2.48. The molecule has 0 saturated carbocycles. The van der Waals surface area contributed by atoms with Crippen molar-refractivity contribution in [2.75, 3.05) is 63.3 Å². The van der Waals surface area contributed by atoms with Crippen LogP contribution in [-0.2, 0) is 0 Å². The molecule has 1 aromatic rings. The Labute approximate surface area is 185 Å². The summed E-state index contributed by atoms with van der Waals surface area (Å²) in [6.45, 7) is 8.07. The van der Waals surface area contributed by atoms with Crippen molar-refractivity contribution in [3.05, 3.63) is 23.3 Å². The Morgan fingerprint density at radius 2 is 2.19 bits per heavy atom. The number of thioether (sulfide) groups is 1. The Morgan fingerprint density at radius 1 is 1.46 bits per heavy atom. The van der Waals surface area contributed by atoms with E-state index in [1.807, 2.05) is 24.9 Å². The van der Waals surface area contributed by atoms with Crippen LogP contribution >= 0.6 is 51.7 Å². The lowest BCUT2D eigenvalue weighted by atomic mass is 10.3. The van der Waals surface area contributed by atoms with Crippen molar-refractivity contribution in [2.45, 2.75) is 0 Å². The van der Waals surface area contributed by atoms with Gasteiger partial charge in [-0.1, -0.05) is 6.08 Å². The van der Waals surface area contributed by atoms with E-state index in [0.29, 0.717) is 11.8 Å². The largest absolute Gasteiger partial charge is 0.480 e. The van der Waals surface area contributed by atoms with Gasteiger partial charge in [0.1, 0.15) is 0 Å². The summed E-state index contributed by atoms with van der Waals surface area (Å²) in [6, 6.07) is 0. The van der Waals surface area contributed by atoms with Gasteiger partial charge in [-0.05, 0) is 15.9 Å². The normalized spacial score (nSPS) is 14.7. The van der Waals surface area contributed by atoms with Crippen LogP contribution in [0.1, 0.15) is 0 Å². The first-order valence-corrected chi connectivity index (χ1v) is 10.1. The van der Waals surface area contributed by atoms with Crippen molar-refractivity contribution < 1.29 is 4.74 Å². The molecule has 1 aliphatic heterocycles. The highest BCUT2D eigenvalue weighted by Crippen LogP contribution is 2.23. The minimum atomic E-state index is 0. The lowest BCUT2D eigenvalue weighted by Crippen LogP contribution is -2.53. The van der Waals surface area contributed by atoms with Crippen LogP contribution in [0.5, 0.6) is 5.88 Å². The van der Waals surface area contributed by atoms with Crippen LogP contribution in [0.3, 0.4) is 0 Å². The summed E-state index contributed by atoms with van der Waals surface area (Å²) in [6.07, 6.45) is 3.66. The zero-order chi connectivity index (χ0) is 18.1. The number of hydrogen-bond donors (Lipinski definition) is 1. The van der Waals surface area contributed by atoms with Crippen molar-refractivity contribution in [1.82, 2.24) is 20.2 Å². The van der Waals surface area contributed by atoms with E-state index in [0.717, 1.165) is 54.7 Å². The molecule has 2 heterocycles. The van der Waals surface area contributed by atoms with Crippen LogP contribution in [0.2, 0.25) is 0 Å². The van der Waals surface area contributed by atoms with E-state index in [1.54, 1.807) is 13.3 Å². The molecule has 1 aromatic heterocycles. The summed E-state index contributed by atoms with van der Waals surface area (Å²) >= 11 is 5.24. The summed E-state index contributed by atoms with van der Waals surface area (Å²) in [5.41, 5.74) is 0. The van der Waals surface area contributed by atoms with Crippen LogP contribution in [0.25, 0.3) is 0 Å². The van der Waals surface area contributed by atoms with Gasteiger partial charge in [0.2, 0.25) is 11.8 Å². The molecule has 0 radical (unpaired) electrons. The molecule has 1 aliphatic rings. The molecule has 1 fully saturated rings. The third-order valence-electron chi connectivity index (χ3n) is 3.73. The molecule has 0 bridgehead atoms. The van der Waals surface area contributed by atoms with E-state index >= 15 is 0 Å². The molecule has 0 unspecified atom stereocenters. The fourth-order valence-corrected chi connectivity index (χ4v) is 3.42. The molecule has 26 heavy (non-hydrogen) atoms. The van der Waals surface area contributed by atoms with Gasteiger partial charge in [-0.3, -0.25) is 4.99 Å². The number of hydrogen-bond acceptors (Lipinski definition) is 6. The third-order valence-corrected chi connectivity index (χ3v) is 5.24. The number of rotatable bonds is 7. The Bertz CT molecular complexity index is 598. The number of halogens is 2. The maximum atomic E-state index is 5.25. The predicted molar refractivity (Wildman–Crippen MR) is 124 cm³/mol. The van der Waals surface area contributed by atoms with Gasteiger partial charge in [-0.2, -0.15) is 16.7 Å². The molecular weight excluding hydrogens is 531 g/mol. The second kappa shape index (κ2) is 12.6. The van der Waals surface area contributed by atoms with Gasteiger partial charge >= 0.3 is 0 Å². The van der Waals surface area contributed by atoms with Crippen LogP contribution in [-0.4, -0.2) is 79.2 Å². The monoisotopic (exact) mass is 556 g/mol. The van der Waals surface area contributed by atoms with Crippen LogP contribution in [0, 0.1) is 0 Å². The molecule has 10 heteroatoms. The Hall–Kier alpha value is -0.750. The van der Waals surface area contributed by atoms with Crippen molar-refractivity contribution in [1.29, 1.82) is 0 Å². The van der Waals surface area contributed by atoms with Crippen molar-refractivity contribution >= 4 is 63.6 Å². The number of aliphatic imine (C=N–C) groups is 1. The minimum Gasteiger partial charge on any atom is -0.480 e. The van der Waals surface area contributed by atoms with Gasteiger partial charge in [0, 0.05) is 51.3 Å². The zero-order valence-electron chi connectivity index (χ0n) is 15.2.